The molecule has 10 heteroatoms. The molecule has 4 amide bonds. The van der Waals surface area contributed by atoms with Gasteiger partial charge in [0.25, 0.3) is 11.8 Å². The lowest BCUT2D eigenvalue weighted by Gasteiger charge is -2.27. The van der Waals surface area contributed by atoms with Crippen molar-refractivity contribution < 1.29 is 23.9 Å². The first-order chi connectivity index (χ1) is 15.5. The number of anilines is 1. The van der Waals surface area contributed by atoms with Gasteiger partial charge in [0.05, 0.1) is 17.7 Å². The van der Waals surface area contributed by atoms with Crippen molar-refractivity contribution in [3.8, 4) is 5.88 Å². The highest BCUT2D eigenvalue weighted by molar-refractivity contribution is 6.25. The van der Waals surface area contributed by atoms with E-state index >= 15 is 0 Å². The molecular formula is C22H23N5O5. The summed E-state index contributed by atoms with van der Waals surface area (Å²) in [6, 6.07) is 7.58. The normalized spacial score (nSPS) is 17.9. The van der Waals surface area contributed by atoms with Crippen molar-refractivity contribution >= 4 is 29.3 Å². The number of benzene rings is 1. The van der Waals surface area contributed by atoms with E-state index in [-0.39, 0.29) is 24.0 Å². The largest absolute Gasteiger partial charge is 0.478 e. The van der Waals surface area contributed by atoms with Crippen LogP contribution in [0.4, 0.5) is 5.69 Å². The highest BCUT2D eigenvalue weighted by Crippen LogP contribution is 2.32. The van der Waals surface area contributed by atoms with Gasteiger partial charge in [-0.3, -0.25) is 29.4 Å². The van der Waals surface area contributed by atoms with Gasteiger partial charge in [0.1, 0.15) is 6.04 Å². The van der Waals surface area contributed by atoms with Crippen LogP contribution in [0.5, 0.6) is 5.88 Å². The summed E-state index contributed by atoms with van der Waals surface area (Å²) in [5, 5.41) is 5.36. The number of carbonyl (C=O) groups is 4. The molecule has 2 aliphatic rings. The van der Waals surface area contributed by atoms with E-state index in [1.165, 1.54) is 0 Å². The zero-order valence-electron chi connectivity index (χ0n) is 17.3. The van der Waals surface area contributed by atoms with Crippen LogP contribution in [0.1, 0.15) is 45.5 Å². The number of nitrogens with zero attached hydrogens (tertiary/aromatic N) is 2. The topological polar surface area (TPSA) is 144 Å². The van der Waals surface area contributed by atoms with Crippen LogP contribution in [0.25, 0.3) is 0 Å². The number of amides is 4. The van der Waals surface area contributed by atoms with E-state index in [1.54, 1.807) is 30.5 Å². The van der Waals surface area contributed by atoms with Gasteiger partial charge in [-0.1, -0.05) is 12.1 Å². The number of fused-ring (bicyclic) bond motifs is 1. The molecule has 1 aromatic carbocycles. The fourth-order valence-electron chi connectivity index (χ4n) is 3.75. The molecule has 4 rings (SSSR count). The number of rotatable bonds is 8. The molecule has 0 saturated carbocycles. The Morgan fingerprint density at radius 1 is 1.16 bits per heavy atom. The fraction of sp³-hybridized carbons (Fsp3) is 0.318. The van der Waals surface area contributed by atoms with Crippen molar-refractivity contribution in [3.63, 3.8) is 0 Å². The number of hydrogen-bond acceptors (Lipinski definition) is 8. The van der Waals surface area contributed by atoms with Crippen molar-refractivity contribution in [3.05, 3.63) is 53.2 Å². The molecule has 2 aliphatic heterocycles. The Bertz CT molecular complexity index is 1070. The zero-order chi connectivity index (χ0) is 22.7. The van der Waals surface area contributed by atoms with Gasteiger partial charge in [0, 0.05) is 37.5 Å². The SMILES string of the molecule is NCc1ccc(OCCCNc2cccc3c2C(=O)N(C2CCC(=O)NC2=O)C3=O)nc1. The van der Waals surface area contributed by atoms with E-state index in [9.17, 15) is 19.2 Å². The van der Waals surface area contributed by atoms with Crippen LogP contribution in [-0.4, -0.2) is 52.7 Å². The Kier molecular flexibility index (Phi) is 6.13. The Morgan fingerprint density at radius 3 is 2.72 bits per heavy atom. The summed E-state index contributed by atoms with van der Waals surface area (Å²) in [6.45, 7) is 1.32. The first-order valence-corrected chi connectivity index (χ1v) is 10.4. The van der Waals surface area contributed by atoms with Gasteiger partial charge in [-0.15, -0.1) is 0 Å². The minimum absolute atomic E-state index is 0.0821. The molecule has 10 nitrogen and oxygen atoms in total. The van der Waals surface area contributed by atoms with E-state index < -0.39 is 29.7 Å². The van der Waals surface area contributed by atoms with Crippen LogP contribution in [-0.2, 0) is 16.1 Å². The Morgan fingerprint density at radius 2 is 2.00 bits per heavy atom. The lowest BCUT2D eigenvalue weighted by atomic mass is 10.0. The first kappa shape index (κ1) is 21.4. The summed E-state index contributed by atoms with van der Waals surface area (Å²) in [5.41, 5.74) is 7.46. The Hall–Kier alpha value is -3.79. The predicted octanol–water partition coefficient (Wildman–Crippen LogP) is 0.823. The first-order valence-electron chi connectivity index (χ1n) is 10.4. The summed E-state index contributed by atoms with van der Waals surface area (Å²) in [5.74, 6) is -1.60. The number of aromatic nitrogens is 1. The molecule has 1 atom stereocenters. The lowest BCUT2D eigenvalue weighted by Crippen LogP contribution is -2.54. The second-order valence-electron chi connectivity index (χ2n) is 7.51. The smallest absolute Gasteiger partial charge is 0.264 e. The summed E-state index contributed by atoms with van der Waals surface area (Å²) >= 11 is 0. The number of ether oxygens (including phenoxy) is 1. The molecule has 0 aliphatic carbocycles. The van der Waals surface area contributed by atoms with Crippen LogP contribution in [0, 0.1) is 0 Å². The number of piperidine rings is 1. The quantitative estimate of drug-likeness (QED) is 0.407. The minimum atomic E-state index is -0.987. The van der Waals surface area contributed by atoms with Crippen molar-refractivity contribution in [2.75, 3.05) is 18.5 Å². The highest BCUT2D eigenvalue weighted by Gasteiger charge is 2.45. The maximum absolute atomic E-state index is 13.0. The molecule has 1 fully saturated rings. The van der Waals surface area contributed by atoms with E-state index in [2.05, 4.69) is 15.6 Å². The molecule has 0 radical (unpaired) electrons. The number of nitrogens with two attached hydrogens (primary N) is 1. The second-order valence-corrected chi connectivity index (χ2v) is 7.51. The maximum Gasteiger partial charge on any atom is 0.264 e. The monoisotopic (exact) mass is 437 g/mol. The van der Waals surface area contributed by atoms with Gasteiger partial charge in [-0.25, -0.2) is 4.98 Å². The molecule has 2 aromatic rings. The van der Waals surface area contributed by atoms with E-state index in [1.807, 2.05) is 6.07 Å². The number of pyridine rings is 1. The summed E-state index contributed by atoms with van der Waals surface area (Å²) in [7, 11) is 0. The predicted molar refractivity (Wildman–Crippen MR) is 114 cm³/mol. The Labute approximate surface area is 184 Å². The summed E-state index contributed by atoms with van der Waals surface area (Å²) in [4.78, 5) is 54.6. The van der Waals surface area contributed by atoms with Crippen molar-refractivity contribution in [2.45, 2.75) is 31.8 Å². The number of carbonyl (C=O) groups excluding carboxylic acids is 4. The third-order valence-corrected chi connectivity index (χ3v) is 5.39. The maximum atomic E-state index is 13.0. The third kappa shape index (κ3) is 4.17. The van der Waals surface area contributed by atoms with Crippen LogP contribution >= 0.6 is 0 Å². The third-order valence-electron chi connectivity index (χ3n) is 5.39. The van der Waals surface area contributed by atoms with Gasteiger partial charge >= 0.3 is 0 Å². The number of hydrogen-bond donors (Lipinski definition) is 3. The number of nitrogens with one attached hydrogen (secondary N) is 2. The molecular weight excluding hydrogens is 414 g/mol. The minimum Gasteiger partial charge on any atom is -0.478 e. The molecule has 32 heavy (non-hydrogen) atoms. The van der Waals surface area contributed by atoms with Crippen molar-refractivity contribution in [1.29, 1.82) is 0 Å². The highest BCUT2D eigenvalue weighted by atomic mass is 16.5. The molecule has 0 bridgehead atoms. The van der Waals surface area contributed by atoms with Crippen LogP contribution in [0.15, 0.2) is 36.5 Å². The zero-order valence-corrected chi connectivity index (χ0v) is 17.3. The molecule has 1 aromatic heterocycles. The molecule has 1 saturated heterocycles. The average Bonchev–Trinajstić information content (AvgIpc) is 3.05. The van der Waals surface area contributed by atoms with E-state index in [0.29, 0.717) is 37.7 Å². The van der Waals surface area contributed by atoms with Gasteiger partial charge in [0.15, 0.2) is 0 Å². The standard InChI is InChI=1S/C22H23N5O5/c23-11-13-5-8-18(25-12-13)32-10-2-9-24-15-4-1-3-14-19(15)22(31)27(21(14)30)16-6-7-17(28)26-20(16)29/h1,3-5,8,12,16,24H,2,6-7,9-11,23H2,(H,26,28,29). The summed E-state index contributed by atoms with van der Waals surface area (Å²) in [6.07, 6.45) is 2.50. The average molecular weight is 437 g/mol. The second kappa shape index (κ2) is 9.15. The van der Waals surface area contributed by atoms with E-state index in [4.69, 9.17) is 10.5 Å². The molecule has 166 valence electrons. The van der Waals surface area contributed by atoms with Gasteiger partial charge in [-0.05, 0) is 30.5 Å². The van der Waals surface area contributed by atoms with Crippen LogP contribution < -0.4 is 21.1 Å². The van der Waals surface area contributed by atoms with Crippen molar-refractivity contribution in [1.82, 2.24) is 15.2 Å². The van der Waals surface area contributed by atoms with Gasteiger partial charge < -0.3 is 15.8 Å². The van der Waals surface area contributed by atoms with Crippen LogP contribution in [0.2, 0.25) is 0 Å². The number of imide groups is 2. The van der Waals surface area contributed by atoms with Gasteiger partial charge in [0.2, 0.25) is 17.7 Å². The molecule has 4 N–H and O–H groups in total. The molecule has 3 heterocycles. The van der Waals surface area contributed by atoms with Gasteiger partial charge in [-0.2, -0.15) is 0 Å². The summed E-state index contributed by atoms with van der Waals surface area (Å²) < 4.78 is 5.60. The lowest BCUT2D eigenvalue weighted by molar-refractivity contribution is -0.136. The van der Waals surface area contributed by atoms with Crippen LogP contribution in [0.3, 0.4) is 0 Å². The fourth-order valence-corrected chi connectivity index (χ4v) is 3.75. The Balaban J connectivity index is 1.37. The molecule has 0 spiro atoms. The molecule has 1 unspecified atom stereocenters. The van der Waals surface area contributed by atoms with E-state index in [0.717, 1.165) is 10.5 Å². The van der Waals surface area contributed by atoms with Crippen molar-refractivity contribution in [2.24, 2.45) is 5.73 Å².